The van der Waals surface area contributed by atoms with E-state index in [1.165, 1.54) is 11.1 Å². The normalized spacial score (nSPS) is 14.4. The topological polar surface area (TPSA) is 41.5 Å². The lowest BCUT2D eigenvalue weighted by Crippen LogP contribution is -2.41. The summed E-state index contributed by atoms with van der Waals surface area (Å²) in [4.78, 5) is 0. The van der Waals surface area contributed by atoms with E-state index >= 15 is 0 Å². The Morgan fingerprint density at radius 1 is 1.35 bits per heavy atom. The van der Waals surface area contributed by atoms with Gasteiger partial charge in [0.1, 0.15) is 12.0 Å². The van der Waals surface area contributed by atoms with Gasteiger partial charge in [0.05, 0.1) is 6.61 Å². The van der Waals surface area contributed by atoms with Crippen LogP contribution in [0.1, 0.15) is 31.4 Å². The molecule has 2 N–H and O–H groups in total. The number of aliphatic hydroxyl groups excluding tert-OH is 1. The third-order valence-electron chi connectivity index (χ3n) is 2.94. The van der Waals surface area contributed by atoms with Crippen LogP contribution < -0.4 is 10.1 Å². The van der Waals surface area contributed by atoms with Gasteiger partial charge in [0.15, 0.2) is 0 Å². The van der Waals surface area contributed by atoms with Crippen molar-refractivity contribution in [2.75, 3.05) is 6.61 Å². The third-order valence-corrected chi connectivity index (χ3v) is 2.94. The molecule has 0 saturated heterocycles. The van der Waals surface area contributed by atoms with Crippen LogP contribution in [0.5, 0.6) is 5.75 Å². The maximum absolute atomic E-state index is 9.03. The van der Waals surface area contributed by atoms with Crippen molar-refractivity contribution in [3.8, 4) is 5.75 Å². The second kappa shape index (κ2) is 6.62. The van der Waals surface area contributed by atoms with Crippen LogP contribution in [0.3, 0.4) is 0 Å². The molecule has 2 unspecified atom stereocenters. The summed E-state index contributed by atoms with van der Waals surface area (Å²) in [5.41, 5.74) is 2.40. The van der Waals surface area contributed by atoms with Crippen molar-refractivity contribution in [3.05, 3.63) is 29.3 Å². The first-order valence-electron chi connectivity index (χ1n) is 6.18. The van der Waals surface area contributed by atoms with Crippen molar-refractivity contribution < 1.29 is 9.84 Å². The molecule has 3 nitrogen and oxygen atoms in total. The monoisotopic (exact) mass is 237 g/mol. The van der Waals surface area contributed by atoms with Crippen LogP contribution in [0.4, 0.5) is 0 Å². The van der Waals surface area contributed by atoms with Gasteiger partial charge in [-0.15, -0.1) is 0 Å². The van der Waals surface area contributed by atoms with E-state index in [4.69, 9.17) is 9.84 Å². The molecule has 0 aliphatic rings. The number of benzene rings is 1. The Labute approximate surface area is 104 Å². The summed E-state index contributed by atoms with van der Waals surface area (Å²) in [7, 11) is 0. The number of nitrogens with one attached hydrogen (secondary N) is 1. The molecular formula is C14H23NO2. The predicted molar refractivity (Wildman–Crippen MR) is 70.3 cm³/mol. The van der Waals surface area contributed by atoms with Crippen LogP contribution in [-0.2, 0) is 0 Å². The van der Waals surface area contributed by atoms with Gasteiger partial charge in [0.2, 0.25) is 0 Å². The molecule has 96 valence electrons. The summed E-state index contributed by atoms with van der Waals surface area (Å²) < 4.78 is 5.93. The van der Waals surface area contributed by atoms with E-state index in [1.807, 2.05) is 19.1 Å². The van der Waals surface area contributed by atoms with E-state index in [0.717, 1.165) is 12.2 Å². The van der Waals surface area contributed by atoms with Gasteiger partial charge < -0.3 is 9.84 Å². The Balaban J connectivity index is 2.70. The number of ether oxygens (including phenoxy) is 1. The highest BCUT2D eigenvalue weighted by atomic mass is 16.5. The van der Waals surface area contributed by atoms with Crippen LogP contribution in [0, 0.1) is 13.8 Å². The number of aryl methyl sites for hydroxylation is 1. The van der Waals surface area contributed by atoms with Gasteiger partial charge >= 0.3 is 0 Å². The van der Waals surface area contributed by atoms with E-state index < -0.39 is 0 Å². The van der Waals surface area contributed by atoms with Gasteiger partial charge in [-0.05, 0) is 44.4 Å². The van der Waals surface area contributed by atoms with Crippen LogP contribution >= 0.6 is 0 Å². The van der Waals surface area contributed by atoms with Crippen molar-refractivity contribution in [1.29, 1.82) is 0 Å². The second-order valence-corrected chi connectivity index (χ2v) is 4.46. The minimum Gasteiger partial charge on any atom is -0.475 e. The molecule has 1 aromatic carbocycles. The van der Waals surface area contributed by atoms with Crippen molar-refractivity contribution >= 4 is 0 Å². The fourth-order valence-corrected chi connectivity index (χ4v) is 1.61. The fourth-order valence-electron chi connectivity index (χ4n) is 1.61. The summed E-state index contributed by atoms with van der Waals surface area (Å²) >= 11 is 0. The molecule has 2 atom stereocenters. The standard InChI is InChI=1S/C14H23NO2/c1-5-14(15-11(3)9-16)17-13-8-6-7-10(2)12(13)4/h6-8,11,14-16H,5,9H2,1-4H3. The summed E-state index contributed by atoms with van der Waals surface area (Å²) in [6.07, 6.45) is 0.801. The van der Waals surface area contributed by atoms with E-state index in [9.17, 15) is 0 Å². The zero-order valence-electron chi connectivity index (χ0n) is 11.2. The van der Waals surface area contributed by atoms with Crippen molar-refractivity contribution in [2.45, 2.75) is 46.4 Å². The molecule has 0 aromatic heterocycles. The van der Waals surface area contributed by atoms with E-state index in [1.54, 1.807) is 0 Å². The lowest BCUT2D eigenvalue weighted by Gasteiger charge is -2.23. The Kier molecular flexibility index (Phi) is 5.45. The highest BCUT2D eigenvalue weighted by Crippen LogP contribution is 2.21. The lowest BCUT2D eigenvalue weighted by atomic mass is 10.1. The molecule has 0 radical (unpaired) electrons. The highest BCUT2D eigenvalue weighted by molar-refractivity contribution is 5.38. The second-order valence-electron chi connectivity index (χ2n) is 4.46. The van der Waals surface area contributed by atoms with Crippen LogP contribution in [-0.4, -0.2) is 24.0 Å². The molecule has 0 saturated carbocycles. The average molecular weight is 237 g/mol. The Morgan fingerprint density at radius 3 is 2.65 bits per heavy atom. The van der Waals surface area contributed by atoms with E-state index in [-0.39, 0.29) is 18.9 Å². The zero-order valence-corrected chi connectivity index (χ0v) is 11.2. The van der Waals surface area contributed by atoms with Crippen molar-refractivity contribution in [2.24, 2.45) is 0 Å². The van der Waals surface area contributed by atoms with Gasteiger partial charge in [-0.1, -0.05) is 19.1 Å². The molecule has 0 aliphatic heterocycles. The van der Waals surface area contributed by atoms with Gasteiger partial charge in [0, 0.05) is 6.04 Å². The van der Waals surface area contributed by atoms with Crippen LogP contribution in [0.15, 0.2) is 18.2 Å². The van der Waals surface area contributed by atoms with Gasteiger partial charge in [-0.25, -0.2) is 0 Å². The van der Waals surface area contributed by atoms with Crippen LogP contribution in [0.25, 0.3) is 0 Å². The van der Waals surface area contributed by atoms with Crippen molar-refractivity contribution in [3.63, 3.8) is 0 Å². The van der Waals surface area contributed by atoms with E-state index in [0.29, 0.717) is 0 Å². The van der Waals surface area contributed by atoms with Gasteiger partial charge in [-0.3, -0.25) is 5.32 Å². The van der Waals surface area contributed by atoms with Crippen LogP contribution in [0.2, 0.25) is 0 Å². The number of hydrogen-bond acceptors (Lipinski definition) is 3. The highest BCUT2D eigenvalue weighted by Gasteiger charge is 2.12. The summed E-state index contributed by atoms with van der Waals surface area (Å²) in [5, 5.41) is 12.3. The van der Waals surface area contributed by atoms with Gasteiger partial charge in [-0.2, -0.15) is 0 Å². The molecule has 0 bridgehead atoms. The summed E-state index contributed by atoms with van der Waals surface area (Å²) in [6.45, 7) is 8.26. The fraction of sp³-hybridized carbons (Fsp3) is 0.571. The maximum atomic E-state index is 9.03. The first-order chi connectivity index (χ1) is 8.08. The molecule has 0 spiro atoms. The predicted octanol–water partition coefficient (Wildman–Crippen LogP) is 2.39. The smallest absolute Gasteiger partial charge is 0.150 e. The van der Waals surface area contributed by atoms with Gasteiger partial charge in [0.25, 0.3) is 0 Å². The number of hydrogen-bond donors (Lipinski definition) is 2. The molecule has 1 rings (SSSR count). The summed E-state index contributed by atoms with van der Waals surface area (Å²) in [5.74, 6) is 0.912. The molecule has 3 heteroatoms. The molecule has 0 heterocycles. The molecular weight excluding hydrogens is 214 g/mol. The Bertz CT molecular complexity index is 352. The zero-order chi connectivity index (χ0) is 12.8. The molecule has 0 aliphatic carbocycles. The molecule has 0 amide bonds. The average Bonchev–Trinajstić information content (AvgIpc) is 2.33. The quantitative estimate of drug-likeness (QED) is 0.746. The number of rotatable bonds is 6. The Morgan fingerprint density at radius 2 is 2.06 bits per heavy atom. The maximum Gasteiger partial charge on any atom is 0.150 e. The van der Waals surface area contributed by atoms with E-state index in [2.05, 4.69) is 32.2 Å². The third kappa shape index (κ3) is 4.02. The Hall–Kier alpha value is -1.06. The molecule has 17 heavy (non-hydrogen) atoms. The molecule has 1 aromatic rings. The van der Waals surface area contributed by atoms with Crippen molar-refractivity contribution in [1.82, 2.24) is 5.32 Å². The first kappa shape index (κ1) is 14.0. The summed E-state index contributed by atoms with van der Waals surface area (Å²) in [6, 6.07) is 6.10. The SMILES string of the molecule is CCC(NC(C)CO)Oc1cccc(C)c1C. The lowest BCUT2D eigenvalue weighted by molar-refractivity contribution is 0.125. The first-order valence-corrected chi connectivity index (χ1v) is 6.18. The molecule has 0 fully saturated rings. The minimum absolute atomic E-state index is 0.0464. The largest absolute Gasteiger partial charge is 0.475 e. The minimum atomic E-state index is -0.0577. The number of aliphatic hydroxyl groups is 1.